The van der Waals surface area contributed by atoms with Crippen molar-refractivity contribution in [3.05, 3.63) is 0 Å². The highest BCUT2D eigenvalue weighted by atomic mass is 16.2. The maximum atomic E-state index is 11.8. The van der Waals surface area contributed by atoms with Gasteiger partial charge >= 0.3 is 0 Å². The summed E-state index contributed by atoms with van der Waals surface area (Å²) in [5.74, 6) is -0.300. The van der Waals surface area contributed by atoms with Crippen molar-refractivity contribution in [1.82, 2.24) is 10.6 Å². The highest BCUT2D eigenvalue weighted by molar-refractivity contribution is 6.04. The zero-order valence-corrected chi connectivity index (χ0v) is 9.30. The Balaban J connectivity index is 1.89. The van der Waals surface area contributed by atoms with Crippen LogP contribution in [0.4, 0.5) is 0 Å². The number of amides is 2. The summed E-state index contributed by atoms with van der Waals surface area (Å²) >= 11 is 0. The van der Waals surface area contributed by atoms with E-state index in [9.17, 15) is 9.59 Å². The smallest absolute Gasteiger partial charge is 0.235 e. The van der Waals surface area contributed by atoms with Gasteiger partial charge in [-0.15, -0.1) is 0 Å². The van der Waals surface area contributed by atoms with Gasteiger partial charge in [0.05, 0.1) is 0 Å². The molecule has 0 heterocycles. The number of rotatable bonds is 4. The van der Waals surface area contributed by atoms with Crippen LogP contribution >= 0.6 is 0 Å². The van der Waals surface area contributed by atoms with E-state index in [-0.39, 0.29) is 11.8 Å². The Morgan fingerprint density at radius 1 is 0.933 bits per heavy atom. The summed E-state index contributed by atoms with van der Waals surface area (Å²) in [6, 6.07) is 0.621. The fraction of sp³-hybridized carbons (Fsp3) is 0.818. The highest BCUT2D eigenvalue weighted by Crippen LogP contribution is 2.25. The molecular weight excluding hydrogens is 192 g/mol. The number of nitrogens with one attached hydrogen (secondary N) is 2. The van der Waals surface area contributed by atoms with Crippen LogP contribution in [0.25, 0.3) is 0 Å². The molecule has 2 N–H and O–H groups in total. The third kappa shape index (κ3) is 2.49. The van der Waals surface area contributed by atoms with Crippen LogP contribution in [0.3, 0.4) is 0 Å². The van der Waals surface area contributed by atoms with Crippen LogP contribution in [0.15, 0.2) is 0 Å². The van der Waals surface area contributed by atoms with Gasteiger partial charge in [-0.05, 0) is 39.5 Å². The summed E-state index contributed by atoms with van der Waals surface area (Å²) in [5.41, 5.74) is -0.939. The minimum Gasteiger partial charge on any atom is -0.352 e. The van der Waals surface area contributed by atoms with Crippen LogP contribution in [0.2, 0.25) is 0 Å². The lowest BCUT2D eigenvalue weighted by atomic mass is 9.91. The molecule has 0 aliphatic heterocycles. The van der Waals surface area contributed by atoms with Crippen molar-refractivity contribution in [3.8, 4) is 0 Å². The Kier molecular flexibility index (Phi) is 2.44. The Hall–Kier alpha value is -1.06. The molecule has 2 amide bonds. The maximum absolute atomic E-state index is 11.8. The molecule has 0 aromatic rings. The third-order valence-corrected chi connectivity index (χ3v) is 2.96. The second-order valence-corrected chi connectivity index (χ2v) is 5.12. The summed E-state index contributed by atoms with van der Waals surface area (Å²) in [6.07, 6.45) is 4.19. The molecule has 0 bridgehead atoms. The van der Waals surface area contributed by atoms with Gasteiger partial charge in [-0.3, -0.25) is 9.59 Å². The van der Waals surface area contributed by atoms with Crippen molar-refractivity contribution >= 4 is 11.8 Å². The molecule has 2 fully saturated rings. The Morgan fingerprint density at radius 3 is 1.53 bits per heavy atom. The van der Waals surface area contributed by atoms with Crippen molar-refractivity contribution in [1.29, 1.82) is 0 Å². The minimum atomic E-state index is -0.939. The molecule has 2 rings (SSSR count). The summed E-state index contributed by atoms with van der Waals surface area (Å²) < 4.78 is 0. The first-order chi connectivity index (χ1) is 7.00. The quantitative estimate of drug-likeness (QED) is 0.666. The van der Waals surface area contributed by atoms with Gasteiger partial charge in [-0.25, -0.2) is 0 Å². The fourth-order valence-electron chi connectivity index (χ4n) is 1.29. The standard InChI is InChI=1S/C11H18N2O2/c1-11(2,9(14)12-7-3-4-7)10(15)13-8-5-6-8/h7-8H,3-6H2,1-2H3,(H,12,14)(H,13,15). The van der Waals surface area contributed by atoms with Crippen molar-refractivity contribution in [2.24, 2.45) is 5.41 Å². The van der Waals surface area contributed by atoms with E-state index in [1.54, 1.807) is 13.8 Å². The monoisotopic (exact) mass is 210 g/mol. The lowest BCUT2D eigenvalue weighted by Crippen LogP contribution is -2.48. The second-order valence-electron chi connectivity index (χ2n) is 5.12. The molecule has 2 saturated carbocycles. The van der Waals surface area contributed by atoms with Crippen LogP contribution < -0.4 is 10.6 Å². The van der Waals surface area contributed by atoms with Gasteiger partial charge in [-0.2, -0.15) is 0 Å². The van der Waals surface area contributed by atoms with Gasteiger partial charge in [0.25, 0.3) is 0 Å². The molecule has 15 heavy (non-hydrogen) atoms. The van der Waals surface area contributed by atoms with Gasteiger partial charge in [0.2, 0.25) is 11.8 Å². The predicted molar refractivity (Wildman–Crippen MR) is 56.1 cm³/mol. The van der Waals surface area contributed by atoms with Gasteiger partial charge in [0.15, 0.2) is 0 Å². The number of carbonyl (C=O) groups is 2. The minimum absolute atomic E-state index is 0.150. The maximum Gasteiger partial charge on any atom is 0.235 e. The molecule has 0 saturated heterocycles. The molecule has 84 valence electrons. The van der Waals surface area contributed by atoms with Crippen molar-refractivity contribution in [2.75, 3.05) is 0 Å². The highest BCUT2D eigenvalue weighted by Gasteiger charge is 2.40. The average molecular weight is 210 g/mol. The van der Waals surface area contributed by atoms with E-state index in [4.69, 9.17) is 0 Å². The largest absolute Gasteiger partial charge is 0.352 e. The van der Waals surface area contributed by atoms with Gasteiger partial charge in [0.1, 0.15) is 5.41 Å². The van der Waals surface area contributed by atoms with Gasteiger partial charge < -0.3 is 10.6 Å². The molecule has 0 atom stereocenters. The molecule has 0 unspecified atom stereocenters. The number of hydrogen-bond acceptors (Lipinski definition) is 2. The number of carbonyl (C=O) groups excluding carboxylic acids is 2. The molecule has 4 nitrogen and oxygen atoms in total. The average Bonchev–Trinajstić information content (AvgIpc) is 2.97. The molecular formula is C11H18N2O2. The van der Waals surface area contributed by atoms with Gasteiger partial charge in [-0.1, -0.05) is 0 Å². The Labute approximate surface area is 89.8 Å². The van der Waals surface area contributed by atoms with Crippen LogP contribution in [-0.2, 0) is 9.59 Å². The van der Waals surface area contributed by atoms with E-state index in [0.717, 1.165) is 25.7 Å². The lowest BCUT2D eigenvalue weighted by Gasteiger charge is -2.22. The van der Waals surface area contributed by atoms with Crippen LogP contribution in [0.5, 0.6) is 0 Å². The number of hydrogen-bond donors (Lipinski definition) is 2. The normalized spacial score (nSPS) is 20.9. The molecule has 0 aromatic carbocycles. The molecule has 0 radical (unpaired) electrons. The van der Waals surface area contributed by atoms with E-state index in [1.165, 1.54) is 0 Å². The summed E-state index contributed by atoms with van der Waals surface area (Å²) in [4.78, 5) is 23.6. The lowest BCUT2D eigenvalue weighted by molar-refractivity contribution is -0.141. The predicted octanol–water partition coefficient (Wildman–Crippen LogP) is 0.570. The third-order valence-electron chi connectivity index (χ3n) is 2.96. The van der Waals surface area contributed by atoms with E-state index < -0.39 is 5.41 Å². The summed E-state index contributed by atoms with van der Waals surface area (Å²) in [7, 11) is 0. The first-order valence-corrected chi connectivity index (χ1v) is 5.62. The summed E-state index contributed by atoms with van der Waals surface area (Å²) in [5, 5.41) is 5.74. The van der Waals surface area contributed by atoms with Crippen molar-refractivity contribution in [3.63, 3.8) is 0 Å². The molecule has 2 aliphatic carbocycles. The Bertz CT molecular complexity index is 263. The van der Waals surface area contributed by atoms with Gasteiger partial charge in [0, 0.05) is 12.1 Å². The zero-order valence-electron chi connectivity index (χ0n) is 9.30. The second kappa shape index (κ2) is 3.51. The molecule has 4 heteroatoms. The van der Waals surface area contributed by atoms with E-state index in [0.29, 0.717) is 12.1 Å². The molecule has 0 spiro atoms. The van der Waals surface area contributed by atoms with E-state index in [1.807, 2.05) is 0 Å². The zero-order chi connectivity index (χ0) is 11.1. The van der Waals surface area contributed by atoms with Crippen LogP contribution in [-0.4, -0.2) is 23.9 Å². The van der Waals surface area contributed by atoms with E-state index >= 15 is 0 Å². The fourth-order valence-corrected chi connectivity index (χ4v) is 1.29. The van der Waals surface area contributed by atoms with Crippen molar-refractivity contribution < 1.29 is 9.59 Å². The molecule has 2 aliphatic rings. The Morgan fingerprint density at radius 2 is 1.27 bits per heavy atom. The summed E-state index contributed by atoms with van der Waals surface area (Å²) in [6.45, 7) is 3.37. The first kappa shape index (κ1) is 10.5. The van der Waals surface area contributed by atoms with Crippen LogP contribution in [0, 0.1) is 5.41 Å². The first-order valence-electron chi connectivity index (χ1n) is 5.62. The van der Waals surface area contributed by atoms with Crippen molar-refractivity contribution in [2.45, 2.75) is 51.6 Å². The topological polar surface area (TPSA) is 58.2 Å². The SMILES string of the molecule is CC(C)(C(=O)NC1CC1)C(=O)NC1CC1. The van der Waals surface area contributed by atoms with Crippen LogP contribution in [0.1, 0.15) is 39.5 Å². The van der Waals surface area contributed by atoms with E-state index in [2.05, 4.69) is 10.6 Å². The molecule has 0 aromatic heterocycles.